The minimum atomic E-state index is -0.664. The van der Waals surface area contributed by atoms with E-state index in [1.165, 1.54) is 6.20 Å². The van der Waals surface area contributed by atoms with Gasteiger partial charge in [0, 0.05) is 74.6 Å². The second-order valence-corrected chi connectivity index (χ2v) is 15.6. The Morgan fingerprint density at radius 2 is 1.72 bits per heavy atom. The number of aliphatic hydroxyl groups is 1. The molecular formula is C48H65N11O5. The first-order chi connectivity index (χ1) is 31.2. The van der Waals surface area contributed by atoms with Crippen LogP contribution in [0.4, 0.5) is 34.6 Å². The highest BCUT2D eigenvalue weighted by Gasteiger charge is 2.36. The number of aldehydes is 1. The van der Waals surface area contributed by atoms with Crippen LogP contribution >= 0.6 is 0 Å². The van der Waals surface area contributed by atoms with Crippen molar-refractivity contribution in [3.05, 3.63) is 101 Å². The maximum atomic E-state index is 13.1. The fourth-order valence-electron chi connectivity index (χ4n) is 7.95. The number of likely N-dealkylation sites (N-methyl/N-ethyl adjacent to an activating group) is 1. The Morgan fingerprint density at radius 1 is 0.953 bits per heavy atom. The molecule has 16 nitrogen and oxygen atoms in total. The lowest BCUT2D eigenvalue weighted by molar-refractivity contribution is -0.129. The van der Waals surface area contributed by atoms with Crippen molar-refractivity contribution in [2.24, 2.45) is 0 Å². The van der Waals surface area contributed by atoms with Crippen molar-refractivity contribution in [2.75, 3.05) is 73.7 Å². The van der Waals surface area contributed by atoms with E-state index in [-0.39, 0.29) is 5.91 Å². The summed E-state index contributed by atoms with van der Waals surface area (Å²) in [4.78, 5) is 68.0. The van der Waals surface area contributed by atoms with Crippen molar-refractivity contribution in [3.8, 4) is 0 Å². The van der Waals surface area contributed by atoms with E-state index in [0.717, 1.165) is 106 Å². The van der Waals surface area contributed by atoms with Gasteiger partial charge >= 0.3 is 0 Å². The van der Waals surface area contributed by atoms with Gasteiger partial charge in [0.15, 0.2) is 6.29 Å². The van der Waals surface area contributed by atoms with Gasteiger partial charge in [0.05, 0.1) is 17.4 Å². The lowest BCUT2D eigenvalue weighted by Gasteiger charge is -2.36. The van der Waals surface area contributed by atoms with Crippen LogP contribution in [0, 0.1) is 0 Å². The number of aromatic nitrogens is 3. The predicted octanol–water partition coefficient (Wildman–Crippen LogP) is 6.37. The quantitative estimate of drug-likeness (QED) is 0.0326. The van der Waals surface area contributed by atoms with Gasteiger partial charge in [-0.1, -0.05) is 45.8 Å². The lowest BCUT2D eigenvalue weighted by atomic mass is 10.1. The third-order valence-electron chi connectivity index (χ3n) is 11.3. The van der Waals surface area contributed by atoms with Crippen molar-refractivity contribution in [2.45, 2.75) is 84.4 Å². The number of anilines is 6. The van der Waals surface area contributed by atoms with Gasteiger partial charge in [0.25, 0.3) is 5.91 Å². The van der Waals surface area contributed by atoms with Crippen LogP contribution in [0.2, 0.25) is 0 Å². The molecule has 4 heterocycles. The van der Waals surface area contributed by atoms with Gasteiger partial charge < -0.3 is 36.2 Å². The number of nitrogens with zero attached hydrogens (tertiary/aromatic N) is 6. The van der Waals surface area contributed by atoms with Crippen LogP contribution in [0.3, 0.4) is 0 Å². The number of pyridine rings is 1. The summed E-state index contributed by atoms with van der Waals surface area (Å²) in [5, 5.41) is 25.2. The van der Waals surface area contributed by atoms with Crippen LogP contribution in [0.1, 0.15) is 103 Å². The van der Waals surface area contributed by atoms with E-state index in [4.69, 9.17) is 0 Å². The summed E-state index contributed by atoms with van der Waals surface area (Å²) >= 11 is 0. The summed E-state index contributed by atoms with van der Waals surface area (Å²) in [5.74, 6) is 0.568. The minimum Gasteiger partial charge on any atom is -0.387 e. The zero-order valence-electron chi connectivity index (χ0n) is 37.7. The number of amides is 3. The molecule has 0 spiro atoms. The molecule has 2 aromatic heterocycles. The highest BCUT2D eigenvalue weighted by atomic mass is 16.3. The van der Waals surface area contributed by atoms with E-state index in [9.17, 15) is 24.3 Å². The van der Waals surface area contributed by atoms with E-state index < -0.39 is 18.1 Å². The van der Waals surface area contributed by atoms with Crippen LogP contribution in [0.25, 0.3) is 0 Å². The molecule has 6 N–H and O–H groups in total. The maximum Gasteiger partial charge on any atom is 0.255 e. The second-order valence-electron chi connectivity index (χ2n) is 15.6. The monoisotopic (exact) mass is 876 g/mol. The molecule has 1 aliphatic carbocycles. The lowest BCUT2D eigenvalue weighted by Crippen LogP contribution is -2.46. The molecule has 0 bridgehead atoms. The fraction of sp³-hybridized carbons (Fsp3) is 0.438. The molecule has 3 aliphatic rings. The van der Waals surface area contributed by atoms with E-state index in [1.54, 1.807) is 4.90 Å². The summed E-state index contributed by atoms with van der Waals surface area (Å²) < 4.78 is 0. The number of carbonyl (C=O) groups is 4. The Hall–Kier alpha value is -6.23. The molecule has 3 amide bonds. The van der Waals surface area contributed by atoms with E-state index in [1.807, 2.05) is 76.4 Å². The molecular weight excluding hydrogens is 811 g/mol. The number of unbranched alkanes of at least 4 members (excludes halogenated alkanes) is 2. The number of carbonyl (C=O) groups excluding carboxylic acids is 4. The molecule has 342 valence electrons. The largest absolute Gasteiger partial charge is 0.387 e. The van der Waals surface area contributed by atoms with Gasteiger partial charge in [-0.25, -0.2) is 9.97 Å². The third-order valence-corrected chi connectivity index (χ3v) is 11.3. The SMILES string of the molecule is C=CCNC.CC.CCCC(C(=O)NC=O)N1Cc2cc(NCCCCCN3CCN(c4ccc(Nc5ncc(C=O)c(Nc6ccc7c(n6)C(O)CC7)n5)cc4)CC3)ccc2C1=O. The van der Waals surface area contributed by atoms with Gasteiger partial charge in [0.2, 0.25) is 18.3 Å². The summed E-state index contributed by atoms with van der Waals surface area (Å²) in [5.41, 5.74) is 6.44. The summed E-state index contributed by atoms with van der Waals surface area (Å²) in [6, 6.07) is 17.0. The van der Waals surface area contributed by atoms with Gasteiger partial charge in [-0.15, -0.1) is 6.58 Å². The smallest absolute Gasteiger partial charge is 0.255 e. The second kappa shape index (κ2) is 25.2. The molecule has 7 rings (SSSR count). The van der Waals surface area contributed by atoms with Gasteiger partial charge in [-0.2, -0.15) is 4.98 Å². The van der Waals surface area contributed by atoms with Crippen molar-refractivity contribution in [1.82, 2.24) is 35.4 Å². The van der Waals surface area contributed by atoms with Crippen molar-refractivity contribution < 1.29 is 24.3 Å². The topological polar surface area (TPSA) is 197 Å². The number of fused-ring (bicyclic) bond motifs is 2. The molecule has 1 fully saturated rings. The van der Waals surface area contributed by atoms with Gasteiger partial charge in [-0.05, 0) is 105 Å². The average Bonchev–Trinajstić information content (AvgIpc) is 3.85. The predicted molar refractivity (Wildman–Crippen MR) is 254 cm³/mol. The van der Waals surface area contributed by atoms with Gasteiger partial charge in [-0.3, -0.25) is 29.4 Å². The molecule has 0 radical (unpaired) electrons. The number of nitrogens with one attached hydrogen (secondary N) is 5. The van der Waals surface area contributed by atoms with Crippen molar-refractivity contribution >= 4 is 59.2 Å². The zero-order chi connectivity index (χ0) is 45.8. The first-order valence-electron chi connectivity index (χ1n) is 22.5. The highest BCUT2D eigenvalue weighted by molar-refractivity contribution is 6.02. The molecule has 0 saturated carbocycles. The van der Waals surface area contributed by atoms with Crippen LogP contribution in [0.15, 0.2) is 73.4 Å². The van der Waals surface area contributed by atoms with Crippen LogP contribution < -0.4 is 31.5 Å². The Morgan fingerprint density at radius 3 is 2.41 bits per heavy atom. The summed E-state index contributed by atoms with van der Waals surface area (Å²) in [6.07, 6.45) is 9.72. The summed E-state index contributed by atoms with van der Waals surface area (Å²) in [6.45, 7) is 16.5. The van der Waals surface area contributed by atoms with Crippen molar-refractivity contribution in [3.63, 3.8) is 0 Å². The Bertz CT molecular complexity index is 2160. The van der Waals surface area contributed by atoms with Crippen LogP contribution in [-0.2, 0) is 22.6 Å². The Kier molecular flexibility index (Phi) is 19.2. The maximum absolute atomic E-state index is 13.1. The number of benzene rings is 2. The zero-order valence-corrected chi connectivity index (χ0v) is 37.7. The number of aryl methyl sites for hydroxylation is 1. The van der Waals surface area contributed by atoms with E-state index in [0.29, 0.717) is 66.5 Å². The molecule has 64 heavy (non-hydrogen) atoms. The number of piperazine rings is 1. The van der Waals surface area contributed by atoms with Crippen LogP contribution in [-0.4, -0.2) is 113 Å². The molecule has 2 aromatic carbocycles. The third kappa shape index (κ3) is 13.2. The number of hydrogen-bond acceptors (Lipinski definition) is 14. The molecule has 2 unspecified atom stereocenters. The molecule has 1 saturated heterocycles. The number of rotatable bonds is 20. The molecule has 4 aromatic rings. The summed E-state index contributed by atoms with van der Waals surface area (Å²) in [7, 11) is 1.89. The first kappa shape index (κ1) is 48.8. The minimum absolute atomic E-state index is 0.172. The van der Waals surface area contributed by atoms with Gasteiger partial charge in [0.1, 0.15) is 17.7 Å². The standard InChI is InChI=1S/C42H50N10O5.C4H9N.C2H6/c1-2-6-35(40(56)45-27-54)52-25-29-23-32(11-14-34(29)41(52)57)43-17-4-3-5-18-50-19-21-51(22-20-50)33-12-9-31(10-13-33)46-42-44-24-30(26-53)39(49-42)48-37-16-8-28-7-15-36(55)38(28)47-37;1-3-4-5-2;1-2/h8-14,16,23-24,26-27,35-36,43,55H,2-7,15,17-22,25H2,1H3,(H,45,54,56)(H2,44,46,47,48,49);3,5H,1,4H2,2H3;1-2H3. The van der Waals surface area contributed by atoms with Crippen LogP contribution in [0.5, 0.6) is 0 Å². The fourth-order valence-corrected chi connectivity index (χ4v) is 7.95. The Balaban J connectivity index is 0.00000103. The Labute approximate surface area is 377 Å². The number of aliphatic hydroxyl groups excluding tert-OH is 1. The molecule has 16 heteroatoms. The normalized spacial score (nSPS) is 15.6. The van der Waals surface area contributed by atoms with E-state index in [2.05, 4.69) is 70.0 Å². The van der Waals surface area contributed by atoms with Crippen molar-refractivity contribution in [1.29, 1.82) is 0 Å². The molecule has 2 atom stereocenters. The molecule has 2 aliphatic heterocycles. The first-order valence-corrected chi connectivity index (χ1v) is 22.5. The number of hydrogen-bond donors (Lipinski definition) is 6. The van der Waals surface area contributed by atoms with E-state index >= 15 is 0 Å². The average molecular weight is 876 g/mol. The number of imide groups is 1. The highest BCUT2D eigenvalue weighted by Crippen LogP contribution is 2.32.